The van der Waals surface area contributed by atoms with Gasteiger partial charge in [-0.25, -0.2) is 9.78 Å². The molecule has 0 amide bonds. The van der Waals surface area contributed by atoms with Crippen molar-refractivity contribution in [2.24, 2.45) is 14.1 Å². The van der Waals surface area contributed by atoms with Gasteiger partial charge in [0.15, 0.2) is 11.2 Å². The molecule has 7 heteroatoms. The van der Waals surface area contributed by atoms with E-state index >= 15 is 0 Å². The van der Waals surface area contributed by atoms with Crippen molar-refractivity contribution >= 4 is 11.2 Å². The van der Waals surface area contributed by atoms with Gasteiger partial charge in [-0.15, -0.1) is 0 Å². The van der Waals surface area contributed by atoms with Gasteiger partial charge < -0.3 is 9.47 Å². The molecule has 7 nitrogen and oxygen atoms in total. The van der Waals surface area contributed by atoms with E-state index in [0.29, 0.717) is 17.7 Å². The molecule has 0 N–H and O–H groups in total. The molecule has 0 spiro atoms. The van der Waals surface area contributed by atoms with Crippen LogP contribution in [0.2, 0.25) is 0 Å². The molecule has 0 atom stereocenters. The molecule has 0 aromatic carbocycles. The van der Waals surface area contributed by atoms with Gasteiger partial charge in [-0.05, 0) is 39.4 Å². The van der Waals surface area contributed by atoms with E-state index in [0.717, 1.165) is 12.8 Å². The molecule has 2 aromatic rings. The van der Waals surface area contributed by atoms with E-state index in [2.05, 4.69) is 23.9 Å². The van der Waals surface area contributed by atoms with Gasteiger partial charge in [0.1, 0.15) is 0 Å². The molecule has 0 radical (unpaired) electrons. The maximum Gasteiger partial charge on any atom is 0.332 e. The Morgan fingerprint density at radius 1 is 0.684 bits per heavy atom. The lowest BCUT2D eigenvalue weighted by atomic mass is 10.1. The van der Waals surface area contributed by atoms with Crippen LogP contribution in [0.1, 0.15) is 129 Å². The van der Waals surface area contributed by atoms with E-state index < -0.39 is 0 Å². The van der Waals surface area contributed by atoms with Crippen LogP contribution in [0.3, 0.4) is 0 Å². The molecule has 0 unspecified atom stereocenters. The summed E-state index contributed by atoms with van der Waals surface area (Å²) in [4.78, 5) is 32.0. The zero-order chi connectivity index (χ0) is 27.6. The van der Waals surface area contributed by atoms with Crippen molar-refractivity contribution in [1.82, 2.24) is 23.6 Å². The van der Waals surface area contributed by atoms with Crippen LogP contribution in [0.4, 0.5) is 0 Å². The molecule has 38 heavy (non-hydrogen) atoms. The fourth-order valence-corrected chi connectivity index (χ4v) is 5.46. The summed E-state index contributed by atoms with van der Waals surface area (Å²) in [7, 11) is 5.76. The van der Waals surface area contributed by atoms with Gasteiger partial charge in [-0.1, -0.05) is 110 Å². The van der Waals surface area contributed by atoms with Crippen molar-refractivity contribution in [3.63, 3.8) is 0 Å². The third-order valence-electron chi connectivity index (χ3n) is 8.02. The highest BCUT2D eigenvalue weighted by Gasteiger charge is 2.14. The van der Waals surface area contributed by atoms with Crippen molar-refractivity contribution in [1.29, 1.82) is 0 Å². The van der Waals surface area contributed by atoms with Crippen molar-refractivity contribution in [3.8, 4) is 0 Å². The Balaban J connectivity index is 1.40. The van der Waals surface area contributed by atoms with E-state index in [1.54, 1.807) is 25.0 Å². The highest BCUT2D eigenvalue weighted by molar-refractivity contribution is 5.69. The fourth-order valence-electron chi connectivity index (χ4n) is 5.46. The number of nitrogens with zero attached hydrogens (tertiary/aromatic N) is 5. The lowest BCUT2D eigenvalue weighted by Gasteiger charge is -2.16. The molecule has 2 heterocycles. The van der Waals surface area contributed by atoms with E-state index in [1.165, 1.54) is 131 Å². The van der Waals surface area contributed by atoms with Gasteiger partial charge in [0.2, 0.25) is 0 Å². The topological polar surface area (TPSA) is 65.1 Å². The van der Waals surface area contributed by atoms with Crippen molar-refractivity contribution in [2.75, 3.05) is 20.1 Å². The standard InChI is InChI=1S/C31H57N5O2/c1-5-6-7-8-9-10-12-15-18-21-24-33(2)25-22-19-16-13-11-14-17-20-23-26-36-30(37)28-29(32-27-34(28)3)35(4)31(36)38/h27H,5-26H2,1-4H3. The lowest BCUT2D eigenvalue weighted by molar-refractivity contribution is 0.314. The van der Waals surface area contributed by atoms with Crippen LogP contribution < -0.4 is 11.2 Å². The smallest absolute Gasteiger partial charge is 0.328 e. The minimum Gasteiger partial charge on any atom is -0.328 e. The van der Waals surface area contributed by atoms with Gasteiger partial charge in [0.05, 0.1) is 6.33 Å². The fraction of sp³-hybridized carbons (Fsp3) is 0.839. The van der Waals surface area contributed by atoms with Crippen molar-refractivity contribution in [3.05, 3.63) is 27.2 Å². The molecule has 0 aliphatic heterocycles. The number of aromatic nitrogens is 4. The van der Waals surface area contributed by atoms with Gasteiger partial charge in [0.25, 0.3) is 5.56 Å². The maximum atomic E-state index is 12.7. The molecule has 0 fully saturated rings. The number of hydrogen-bond donors (Lipinski definition) is 0. The first-order valence-electron chi connectivity index (χ1n) is 15.8. The third kappa shape index (κ3) is 11.5. The molecular formula is C31H57N5O2. The average Bonchev–Trinajstić information content (AvgIpc) is 3.30. The van der Waals surface area contributed by atoms with Crippen LogP contribution in [-0.4, -0.2) is 43.7 Å². The summed E-state index contributed by atoms with van der Waals surface area (Å²) in [5.74, 6) is 0. The first kappa shape index (κ1) is 32.3. The Morgan fingerprint density at radius 2 is 1.13 bits per heavy atom. The maximum absolute atomic E-state index is 12.7. The summed E-state index contributed by atoms with van der Waals surface area (Å²) < 4.78 is 4.55. The van der Waals surface area contributed by atoms with Crippen LogP contribution >= 0.6 is 0 Å². The van der Waals surface area contributed by atoms with Crippen molar-refractivity contribution in [2.45, 2.75) is 135 Å². The number of aryl methyl sites for hydroxylation is 2. The number of fused-ring (bicyclic) bond motifs is 1. The number of rotatable bonds is 23. The summed E-state index contributed by atoms with van der Waals surface area (Å²) >= 11 is 0. The Labute approximate surface area is 231 Å². The highest BCUT2D eigenvalue weighted by Crippen LogP contribution is 2.12. The molecule has 0 bridgehead atoms. The molecule has 0 saturated carbocycles. The Morgan fingerprint density at radius 3 is 1.63 bits per heavy atom. The summed E-state index contributed by atoms with van der Waals surface area (Å²) in [5.41, 5.74) is 0.462. The SMILES string of the molecule is CCCCCCCCCCCCN(C)CCCCCCCCCCCn1c(=O)c2c(ncn2C)n(C)c1=O. The molecule has 0 aliphatic carbocycles. The van der Waals surface area contributed by atoms with Crippen LogP contribution in [0.25, 0.3) is 11.2 Å². The predicted molar refractivity (Wildman–Crippen MR) is 161 cm³/mol. The van der Waals surface area contributed by atoms with E-state index in [4.69, 9.17) is 0 Å². The first-order valence-corrected chi connectivity index (χ1v) is 15.8. The van der Waals surface area contributed by atoms with Crippen molar-refractivity contribution < 1.29 is 0 Å². The van der Waals surface area contributed by atoms with Gasteiger partial charge in [0, 0.05) is 20.6 Å². The summed E-state index contributed by atoms with van der Waals surface area (Å²) in [6, 6.07) is 0. The Kier molecular flexibility index (Phi) is 16.3. The molecule has 0 aliphatic rings. The van der Waals surface area contributed by atoms with Gasteiger partial charge in [-0.2, -0.15) is 0 Å². The van der Waals surface area contributed by atoms with Crippen LogP contribution in [0.15, 0.2) is 15.9 Å². The average molecular weight is 532 g/mol. The van der Waals surface area contributed by atoms with Crippen LogP contribution in [-0.2, 0) is 20.6 Å². The largest absolute Gasteiger partial charge is 0.332 e. The number of unbranched alkanes of at least 4 members (excludes halogenated alkanes) is 17. The summed E-state index contributed by atoms with van der Waals surface area (Å²) in [6.07, 6.45) is 26.6. The highest BCUT2D eigenvalue weighted by atomic mass is 16.2. The monoisotopic (exact) mass is 531 g/mol. The second-order valence-electron chi connectivity index (χ2n) is 11.5. The number of imidazole rings is 1. The minimum absolute atomic E-state index is 0.225. The van der Waals surface area contributed by atoms with Crippen LogP contribution in [0, 0.1) is 0 Å². The zero-order valence-electron chi connectivity index (χ0n) is 25.2. The third-order valence-corrected chi connectivity index (χ3v) is 8.02. The predicted octanol–water partition coefficient (Wildman–Crippen LogP) is 6.80. The molecular weight excluding hydrogens is 474 g/mol. The van der Waals surface area contributed by atoms with Gasteiger partial charge >= 0.3 is 5.69 Å². The summed E-state index contributed by atoms with van der Waals surface area (Å²) in [6.45, 7) is 5.26. The Hall–Kier alpha value is -1.89. The Bertz CT molecular complexity index is 1010. The summed E-state index contributed by atoms with van der Waals surface area (Å²) in [5, 5.41) is 0. The quantitative estimate of drug-likeness (QED) is 0.148. The van der Waals surface area contributed by atoms with Crippen LogP contribution in [0.5, 0.6) is 0 Å². The van der Waals surface area contributed by atoms with E-state index in [-0.39, 0.29) is 11.2 Å². The minimum atomic E-state index is -0.268. The molecule has 2 aromatic heterocycles. The van der Waals surface area contributed by atoms with E-state index in [9.17, 15) is 9.59 Å². The van der Waals surface area contributed by atoms with Gasteiger partial charge in [-0.3, -0.25) is 13.9 Å². The molecule has 218 valence electrons. The first-order chi connectivity index (χ1) is 18.5. The second-order valence-corrected chi connectivity index (χ2v) is 11.5. The van der Waals surface area contributed by atoms with E-state index in [1.807, 2.05) is 0 Å². The normalized spacial score (nSPS) is 11.8. The number of hydrogen-bond acceptors (Lipinski definition) is 4. The molecule has 2 rings (SSSR count). The zero-order valence-corrected chi connectivity index (χ0v) is 25.2. The second kappa shape index (κ2) is 19.2. The lowest BCUT2D eigenvalue weighted by Crippen LogP contribution is -2.39. The molecule has 0 saturated heterocycles.